The van der Waals surface area contributed by atoms with Crippen LogP contribution in [0.2, 0.25) is 5.02 Å². The van der Waals surface area contributed by atoms with Gasteiger partial charge in [-0.2, -0.15) is 4.98 Å². The lowest BCUT2D eigenvalue weighted by Crippen LogP contribution is -2.02. The molecule has 0 amide bonds. The van der Waals surface area contributed by atoms with Gasteiger partial charge in [-0.15, -0.1) is 0 Å². The molecule has 0 unspecified atom stereocenters. The van der Waals surface area contributed by atoms with Crippen LogP contribution in [0.15, 0.2) is 54.7 Å². The van der Waals surface area contributed by atoms with Gasteiger partial charge in [0.25, 0.3) is 0 Å². The number of para-hydroxylation sites is 1. The molecule has 0 radical (unpaired) electrons. The summed E-state index contributed by atoms with van der Waals surface area (Å²) >= 11 is 6.15. The molecule has 7 heteroatoms. The van der Waals surface area contributed by atoms with Gasteiger partial charge in [0.05, 0.1) is 30.6 Å². The minimum Gasteiger partial charge on any atom is -0.497 e. The van der Waals surface area contributed by atoms with E-state index in [9.17, 15) is 0 Å². The van der Waals surface area contributed by atoms with Crippen molar-refractivity contribution in [3.8, 4) is 11.5 Å². The number of nitrogens with zero attached hydrogens (tertiary/aromatic N) is 2. The Morgan fingerprint density at radius 1 is 0.920 bits per heavy atom. The Balaban J connectivity index is 1.84. The smallest absolute Gasteiger partial charge is 0.229 e. The van der Waals surface area contributed by atoms with Crippen molar-refractivity contribution < 1.29 is 9.47 Å². The molecule has 0 aliphatic rings. The van der Waals surface area contributed by atoms with E-state index in [-0.39, 0.29) is 0 Å². The van der Waals surface area contributed by atoms with Crippen molar-refractivity contribution in [2.45, 2.75) is 0 Å². The molecule has 128 valence electrons. The monoisotopic (exact) mass is 356 g/mol. The Morgan fingerprint density at radius 2 is 1.76 bits per heavy atom. The maximum atomic E-state index is 6.15. The van der Waals surface area contributed by atoms with Gasteiger partial charge in [0.2, 0.25) is 5.95 Å². The van der Waals surface area contributed by atoms with E-state index in [1.165, 1.54) is 0 Å². The Labute approximate surface area is 150 Å². The first kappa shape index (κ1) is 16.9. The van der Waals surface area contributed by atoms with Crippen LogP contribution >= 0.6 is 11.6 Å². The molecule has 6 nitrogen and oxygen atoms in total. The summed E-state index contributed by atoms with van der Waals surface area (Å²) in [6.45, 7) is 0. The van der Waals surface area contributed by atoms with Crippen LogP contribution in [-0.2, 0) is 0 Å². The van der Waals surface area contributed by atoms with Crippen LogP contribution in [0.4, 0.5) is 23.1 Å². The molecule has 3 rings (SSSR count). The summed E-state index contributed by atoms with van der Waals surface area (Å²) in [6.07, 6.45) is 1.65. The molecular weight excluding hydrogens is 340 g/mol. The number of nitrogens with one attached hydrogen (secondary N) is 2. The zero-order valence-corrected chi connectivity index (χ0v) is 14.5. The highest BCUT2D eigenvalue weighted by molar-refractivity contribution is 6.33. The average molecular weight is 357 g/mol. The number of ether oxygens (including phenoxy) is 2. The van der Waals surface area contributed by atoms with Gasteiger partial charge in [-0.3, -0.25) is 0 Å². The molecule has 0 atom stereocenters. The third-order valence-corrected chi connectivity index (χ3v) is 3.77. The molecule has 25 heavy (non-hydrogen) atoms. The molecule has 1 aromatic heterocycles. The van der Waals surface area contributed by atoms with E-state index in [4.69, 9.17) is 21.1 Å². The lowest BCUT2D eigenvalue weighted by Gasteiger charge is -2.13. The SMILES string of the molecule is COc1ccc(OC)c(Nc2ccnc(Nc3ccccc3Cl)n2)c1. The van der Waals surface area contributed by atoms with Crippen molar-refractivity contribution in [1.82, 2.24) is 9.97 Å². The number of hydrogen-bond acceptors (Lipinski definition) is 6. The number of benzene rings is 2. The summed E-state index contributed by atoms with van der Waals surface area (Å²) in [5.74, 6) is 2.43. The predicted molar refractivity (Wildman–Crippen MR) is 99.6 cm³/mol. The van der Waals surface area contributed by atoms with E-state index in [1.807, 2.05) is 36.4 Å². The van der Waals surface area contributed by atoms with Crippen LogP contribution in [0.25, 0.3) is 0 Å². The molecule has 0 saturated carbocycles. The Bertz CT molecular complexity index is 873. The van der Waals surface area contributed by atoms with Gasteiger partial charge >= 0.3 is 0 Å². The minimum absolute atomic E-state index is 0.431. The molecule has 0 spiro atoms. The second-order valence-corrected chi connectivity index (χ2v) is 5.47. The average Bonchev–Trinajstić information content (AvgIpc) is 2.64. The summed E-state index contributed by atoms with van der Waals surface area (Å²) in [6, 6.07) is 14.7. The minimum atomic E-state index is 0.431. The van der Waals surface area contributed by atoms with E-state index in [0.717, 1.165) is 11.4 Å². The van der Waals surface area contributed by atoms with E-state index in [2.05, 4.69) is 20.6 Å². The third kappa shape index (κ3) is 4.10. The van der Waals surface area contributed by atoms with Crippen molar-refractivity contribution in [2.75, 3.05) is 24.9 Å². The summed E-state index contributed by atoms with van der Waals surface area (Å²) in [4.78, 5) is 8.66. The summed E-state index contributed by atoms with van der Waals surface area (Å²) in [7, 11) is 3.22. The molecule has 3 aromatic rings. The van der Waals surface area contributed by atoms with E-state index in [1.54, 1.807) is 32.5 Å². The van der Waals surface area contributed by atoms with Crippen molar-refractivity contribution in [3.63, 3.8) is 0 Å². The van der Waals surface area contributed by atoms with Crippen LogP contribution in [0, 0.1) is 0 Å². The Hall–Kier alpha value is -2.99. The fourth-order valence-corrected chi connectivity index (χ4v) is 2.40. The second-order valence-electron chi connectivity index (χ2n) is 5.06. The third-order valence-electron chi connectivity index (χ3n) is 3.45. The zero-order chi connectivity index (χ0) is 17.6. The van der Waals surface area contributed by atoms with Gasteiger partial charge in [0, 0.05) is 12.3 Å². The van der Waals surface area contributed by atoms with Crippen LogP contribution in [0.3, 0.4) is 0 Å². The van der Waals surface area contributed by atoms with E-state index >= 15 is 0 Å². The van der Waals surface area contributed by atoms with Crippen molar-refractivity contribution in [2.24, 2.45) is 0 Å². The van der Waals surface area contributed by atoms with Gasteiger partial charge in [0.1, 0.15) is 17.3 Å². The van der Waals surface area contributed by atoms with Gasteiger partial charge in [-0.05, 0) is 30.3 Å². The molecule has 0 aliphatic carbocycles. The second kappa shape index (κ2) is 7.72. The highest BCUT2D eigenvalue weighted by atomic mass is 35.5. The quantitative estimate of drug-likeness (QED) is 0.671. The highest BCUT2D eigenvalue weighted by Gasteiger charge is 2.08. The van der Waals surface area contributed by atoms with Crippen LogP contribution in [-0.4, -0.2) is 24.2 Å². The topological polar surface area (TPSA) is 68.3 Å². The van der Waals surface area contributed by atoms with Crippen LogP contribution in [0.1, 0.15) is 0 Å². The van der Waals surface area contributed by atoms with Gasteiger partial charge < -0.3 is 20.1 Å². The van der Waals surface area contributed by atoms with Gasteiger partial charge in [-0.1, -0.05) is 23.7 Å². The first-order chi connectivity index (χ1) is 12.2. The standard InChI is InChI=1S/C18H17ClN4O2/c1-24-12-7-8-16(25-2)15(11-12)21-17-9-10-20-18(23-17)22-14-6-4-3-5-13(14)19/h3-11H,1-2H3,(H2,20,21,22,23). The lowest BCUT2D eigenvalue weighted by molar-refractivity contribution is 0.405. The number of anilines is 4. The lowest BCUT2D eigenvalue weighted by atomic mass is 10.2. The predicted octanol–water partition coefficient (Wildman–Crippen LogP) is 4.63. The van der Waals surface area contributed by atoms with E-state index in [0.29, 0.717) is 28.3 Å². The maximum absolute atomic E-state index is 6.15. The highest BCUT2D eigenvalue weighted by Crippen LogP contribution is 2.31. The fraction of sp³-hybridized carbons (Fsp3) is 0.111. The number of halogens is 1. The molecular formula is C18H17ClN4O2. The van der Waals surface area contributed by atoms with Gasteiger partial charge in [-0.25, -0.2) is 4.98 Å². The number of methoxy groups -OCH3 is 2. The molecule has 0 saturated heterocycles. The molecule has 2 aromatic carbocycles. The summed E-state index contributed by atoms with van der Waals surface area (Å²) < 4.78 is 10.6. The zero-order valence-electron chi connectivity index (χ0n) is 13.8. The largest absolute Gasteiger partial charge is 0.497 e. The first-order valence-electron chi connectivity index (χ1n) is 7.53. The van der Waals surface area contributed by atoms with E-state index < -0.39 is 0 Å². The van der Waals surface area contributed by atoms with Crippen molar-refractivity contribution >= 4 is 34.7 Å². The van der Waals surface area contributed by atoms with Gasteiger partial charge in [0.15, 0.2) is 0 Å². The molecule has 0 bridgehead atoms. The van der Waals surface area contributed by atoms with Crippen molar-refractivity contribution in [1.29, 1.82) is 0 Å². The normalized spacial score (nSPS) is 10.2. The molecule has 1 heterocycles. The maximum Gasteiger partial charge on any atom is 0.229 e. The number of rotatable bonds is 6. The van der Waals surface area contributed by atoms with Crippen LogP contribution in [0.5, 0.6) is 11.5 Å². The van der Waals surface area contributed by atoms with Crippen LogP contribution < -0.4 is 20.1 Å². The van der Waals surface area contributed by atoms with Crippen molar-refractivity contribution in [3.05, 3.63) is 59.8 Å². The fourth-order valence-electron chi connectivity index (χ4n) is 2.22. The Kier molecular flexibility index (Phi) is 5.20. The first-order valence-corrected chi connectivity index (χ1v) is 7.91. The summed E-state index contributed by atoms with van der Waals surface area (Å²) in [5, 5.41) is 6.91. The number of hydrogen-bond donors (Lipinski definition) is 2. The molecule has 0 fully saturated rings. The Morgan fingerprint density at radius 3 is 2.52 bits per heavy atom. The molecule has 2 N–H and O–H groups in total. The summed E-state index contributed by atoms with van der Waals surface area (Å²) in [5.41, 5.74) is 1.48. The number of aromatic nitrogens is 2. The molecule has 0 aliphatic heterocycles.